The topological polar surface area (TPSA) is 69.6 Å². The third kappa shape index (κ3) is 1.56. The largest absolute Gasteiger partial charge is 0.397 e. The molecular weight excluding hydrogens is 190 g/mol. The molecule has 5 nitrogen and oxygen atoms in total. The van der Waals surface area contributed by atoms with Crippen molar-refractivity contribution in [2.24, 2.45) is 0 Å². The Morgan fingerprint density at radius 2 is 2.20 bits per heavy atom. The first-order valence-electron chi connectivity index (χ1n) is 4.97. The minimum absolute atomic E-state index is 0.618. The molecule has 0 saturated heterocycles. The van der Waals surface area contributed by atoms with E-state index in [0.29, 0.717) is 11.6 Å². The number of anilines is 1. The minimum atomic E-state index is 0.618. The number of hydrogen-bond acceptors (Lipinski definition) is 4. The molecule has 3 rings (SSSR count). The van der Waals surface area contributed by atoms with Crippen LogP contribution in [0.25, 0.3) is 5.82 Å². The van der Waals surface area contributed by atoms with Crippen LogP contribution in [0.5, 0.6) is 0 Å². The zero-order valence-corrected chi connectivity index (χ0v) is 8.17. The van der Waals surface area contributed by atoms with E-state index in [1.807, 2.05) is 12.3 Å². The first-order chi connectivity index (χ1) is 7.33. The van der Waals surface area contributed by atoms with Crippen molar-refractivity contribution in [3.05, 3.63) is 30.2 Å². The van der Waals surface area contributed by atoms with Crippen molar-refractivity contribution in [3.8, 4) is 5.82 Å². The summed E-state index contributed by atoms with van der Waals surface area (Å²) in [6, 6.07) is 3.64. The number of rotatable bonds is 2. The third-order valence-corrected chi connectivity index (χ3v) is 2.51. The van der Waals surface area contributed by atoms with Gasteiger partial charge in [-0.05, 0) is 25.0 Å². The Labute approximate surface area is 86.9 Å². The Balaban J connectivity index is 1.93. The molecule has 2 heterocycles. The molecular formula is C10H11N5. The number of nitrogens with two attached hydrogens (primary N) is 1. The van der Waals surface area contributed by atoms with E-state index >= 15 is 0 Å². The molecule has 0 spiro atoms. The van der Waals surface area contributed by atoms with E-state index in [9.17, 15) is 0 Å². The van der Waals surface area contributed by atoms with Gasteiger partial charge in [-0.15, -0.1) is 5.10 Å². The van der Waals surface area contributed by atoms with Gasteiger partial charge in [-0.2, -0.15) is 0 Å². The van der Waals surface area contributed by atoms with E-state index in [2.05, 4.69) is 15.3 Å². The van der Waals surface area contributed by atoms with Gasteiger partial charge in [-0.1, -0.05) is 5.21 Å². The van der Waals surface area contributed by atoms with Gasteiger partial charge >= 0.3 is 0 Å². The van der Waals surface area contributed by atoms with Crippen molar-refractivity contribution in [1.82, 2.24) is 20.0 Å². The average Bonchev–Trinajstić information content (AvgIpc) is 2.99. The van der Waals surface area contributed by atoms with Crippen LogP contribution in [0.3, 0.4) is 0 Å². The lowest BCUT2D eigenvalue weighted by Crippen LogP contribution is -1.98. The molecule has 2 aromatic rings. The van der Waals surface area contributed by atoms with Gasteiger partial charge < -0.3 is 5.73 Å². The van der Waals surface area contributed by atoms with E-state index in [0.717, 1.165) is 11.5 Å². The maximum atomic E-state index is 5.56. The molecule has 0 aliphatic heterocycles. The lowest BCUT2D eigenvalue weighted by atomic mass is 10.3. The van der Waals surface area contributed by atoms with E-state index in [4.69, 9.17) is 5.73 Å². The molecule has 1 aliphatic rings. The number of aromatic nitrogens is 4. The van der Waals surface area contributed by atoms with Gasteiger partial charge in [0.05, 0.1) is 23.8 Å². The van der Waals surface area contributed by atoms with E-state index in [-0.39, 0.29) is 0 Å². The van der Waals surface area contributed by atoms with Crippen LogP contribution in [0.4, 0.5) is 5.69 Å². The predicted molar refractivity (Wildman–Crippen MR) is 55.5 cm³/mol. The summed E-state index contributed by atoms with van der Waals surface area (Å²) in [5.41, 5.74) is 7.28. The summed E-state index contributed by atoms with van der Waals surface area (Å²) < 4.78 is 1.69. The Kier molecular flexibility index (Phi) is 1.71. The molecule has 0 bridgehead atoms. The number of nitrogens with zero attached hydrogens (tertiary/aromatic N) is 4. The van der Waals surface area contributed by atoms with Gasteiger partial charge in [-0.25, -0.2) is 9.67 Å². The van der Waals surface area contributed by atoms with Crippen LogP contribution in [0.2, 0.25) is 0 Å². The van der Waals surface area contributed by atoms with Crippen molar-refractivity contribution < 1.29 is 0 Å². The van der Waals surface area contributed by atoms with Crippen LogP contribution in [0.1, 0.15) is 24.5 Å². The van der Waals surface area contributed by atoms with Crippen LogP contribution in [0, 0.1) is 0 Å². The molecule has 2 N–H and O–H groups in total. The van der Waals surface area contributed by atoms with E-state index < -0.39 is 0 Å². The summed E-state index contributed by atoms with van der Waals surface area (Å²) in [4.78, 5) is 4.18. The Morgan fingerprint density at radius 3 is 2.87 bits per heavy atom. The van der Waals surface area contributed by atoms with Gasteiger partial charge in [0.15, 0.2) is 5.82 Å². The smallest absolute Gasteiger partial charge is 0.155 e. The average molecular weight is 201 g/mol. The molecule has 1 saturated carbocycles. The molecule has 0 atom stereocenters. The maximum Gasteiger partial charge on any atom is 0.155 e. The Bertz CT molecular complexity index is 469. The van der Waals surface area contributed by atoms with Gasteiger partial charge in [0.25, 0.3) is 0 Å². The normalized spacial score (nSPS) is 15.5. The molecule has 1 aliphatic carbocycles. The molecule has 15 heavy (non-hydrogen) atoms. The molecule has 5 heteroatoms. The predicted octanol–water partition coefficient (Wildman–Crippen LogP) is 1.12. The lowest BCUT2D eigenvalue weighted by Gasteiger charge is -1.98. The summed E-state index contributed by atoms with van der Waals surface area (Å²) in [6.45, 7) is 0. The molecule has 0 aromatic carbocycles. The maximum absolute atomic E-state index is 5.56. The van der Waals surface area contributed by atoms with Gasteiger partial charge in [0.2, 0.25) is 0 Å². The molecule has 0 radical (unpaired) electrons. The summed E-state index contributed by atoms with van der Waals surface area (Å²) >= 11 is 0. The summed E-state index contributed by atoms with van der Waals surface area (Å²) in [5.74, 6) is 1.37. The third-order valence-electron chi connectivity index (χ3n) is 2.51. The number of hydrogen-bond donors (Lipinski definition) is 1. The zero-order valence-electron chi connectivity index (χ0n) is 8.17. The van der Waals surface area contributed by atoms with Crippen LogP contribution in [0.15, 0.2) is 24.5 Å². The SMILES string of the molecule is Nc1ccc(-n2cc(C3CC3)nn2)nc1. The second-order valence-corrected chi connectivity index (χ2v) is 3.81. The van der Waals surface area contributed by atoms with Crippen molar-refractivity contribution in [2.75, 3.05) is 5.73 Å². The fourth-order valence-electron chi connectivity index (χ4n) is 1.49. The summed E-state index contributed by atoms with van der Waals surface area (Å²) in [5, 5.41) is 8.16. The highest BCUT2D eigenvalue weighted by Gasteiger charge is 2.26. The van der Waals surface area contributed by atoms with Crippen molar-refractivity contribution in [1.29, 1.82) is 0 Å². The highest BCUT2D eigenvalue weighted by molar-refractivity contribution is 5.38. The molecule has 1 fully saturated rings. The van der Waals surface area contributed by atoms with Gasteiger partial charge in [0, 0.05) is 5.92 Å². The lowest BCUT2D eigenvalue weighted by molar-refractivity contribution is 0.777. The first-order valence-corrected chi connectivity index (χ1v) is 4.97. The zero-order chi connectivity index (χ0) is 10.3. The molecule has 0 unspecified atom stereocenters. The summed E-state index contributed by atoms with van der Waals surface area (Å²) in [6.07, 6.45) is 6.02. The van der Waals surface area contributed by atoms with Crippen LogP contribution >= 0.6 is 0 Å². The second kappa shape index (κ2) is 3.05. The van der Waals surface area contributed by atoms with E-state index in [1.54, 1.807) is 16.9 Å². The molecule has 2 aromatic heterocycles. The monoisotopic (exact) mass is 201 g/mol. The first kappa shape index (κ1) is 8.40. The minimum Gasteiger partial charge on any atom is -0.397 e. The highest BCUT2D eigenvalue weighted by atomic mass is 15.4. The van der Waals surface area contributed by atoms with Crippen molar-refractivity contribution >= 4 is 5.69 Å². The van der Waals surface area contributed by atoms with Gasteiger partial charge in [-0.3, -0.25) is 0 Å². The molecule has 76 valence electrons. The fourth-order valence-corrected chi connectivity index (χ4v) is 1.49. The quantitative estimate of drug-likeness (QED) is 0.790. The number of nitrogen functional groups attached to an aromatic ring is 1. The van der Waals surface area contributed by atoms with Crippen molar-refractivity contribution in [2.45, 2.75) is 18.8 Å². The van der Waals surface area contributed by atoms with E-state index in [1.165, 1.54) is 12.8 Å². The summed E-state index contributed by atoms with van der Waals surface area (Å²) in [7, 11) is 0. The van der Waals surface area contributed by atoms with Crippen LogP contribution in [-0.4, -0.2) is 20.0 Å². The number of pyridine rings is 1. The highest BCUT2D eigenvalue weighted by Crippen LogP contribution is 2.38. The Morgan fingerprint density at radius 1 is 1.33 bits per heavy atom. The van der Waals surface area contributed by atoms with Crippen LogP contribution in [-0.2, 0) is 0 Å². The standard InChI is InChI=1S/C10H11N5/c11-8-3-4-10(12-5-8)15-6-9(13-14-15)7-1-2-7/h3-7H,1-2,11H2. The molecule has 0 amide bonds. The van der Waals surface area contributed by atoms with Crippen molar-refractivity contribution in [3.63, 3.8) is 0 Å². The van der Waals surface area contributed by atoms with Crippen LogP contribution < -0.4 is 5.73 Å². The van der Waals surface area contributed by atoms with Gasteiger partial charge in [0.1, 0.15) is 0 Å². The fraction of sp³-hybridized carbons (Fsp3) is 0.300. The Hall–Kier alpha value is -1.91. The second-order valence-electron chi connectivity index (χ2n) is 3.81.